The molecule has 1 saturated heterocycles. The van der Waals surface area contributed by atoms with Crippen LogP contribution in [-0.2, 0) is 17.4 Å². The number of hydrogen-bond acceptors (Lipinski definition) is 5. The number of benzene rings is 1. The number of carbonyl (C=O) groups is 1. The van der Waals surface area contributed by atoms with Gasteiger partial charge in [-0.3, -0.25) is 9.59 Å². The summed E-state index contributed by atoms with van der Waals surface area (Å²) >= 11 is 0. The average Bonchev–Trinajstić information content (AvgIpc) is 3.27. The maximum atomic E-state index is 13.1. The topological polar surface area (TPSA) is 77.3 Å². The van der Waals surface area contributed by atoms with Gasteiger partial charge in [-0.15, -0.1) is 0 Å². The molecule has 3 aromatic rings. The average molecular weight is 470 g/mol. The van der Waals surface area contributed by atoms with Crippen LogP contribution in [0.25, 0.3) is 5.69 Å². The third-order valence-corrected chi connectivity index (χ3v) is 6.46. The number of carbonyl (C=O) groups excluding carboxylic acids is 1. The molecule has 7 nitrogen and oxygen atoms in total. The van der Waals surface area contributed by atoms with E-state index in [4.69, 9.17) is 4.74 Å². The number of hydrogen-bond donors (Lipinski definition) is 0. The molecule has 5 rings (SSSR count). The number of pyridine rings is 1. The highest BCUT2D eigenvalue weighted by Crippen LogP contribution is 2.52. The van der Waals surface area contributed by atoms with Crippen molar-refractivity contribution in [2.75, 3.05) is 19.7 Å². The van der Waals surface area contributed by atoms with E-state index in [9.17, 15) is 22.8 Å². The monoisotopic (exact) mass is 470 g/mol. The van der Waals surface area contributed by atoms with Gasteiger partial charge in [0, 0.05) is 37.0 Å². The predicted molar refractivity (Wildman–Crippen MR) is 115 cm³/mol. The Labute approximate surface area is 192 Å². The first kappa shape index (κ1) is 22.1. The lowest BCUT2D eigenvalue weighted by atomic mass is 10.2. The molecule has 1 aliphatic carbocycles. The van der Waals surface area contributed by atoms with Crippen LogP contribution in [0, 0.1) is 17.8 Å². The van der Waals surface area contributed by atoms with Gasteiger partial charge in [0.2, 0.25) is 5.91 Å². The van der Waals surface area contributed by atoms with Crippen LogP contribution in [0.5, 0.6) is 5.75 Å². The van der Waals surface area contributed by atoms with Gasteiger partial charge in [-0.05, 0) is 42.2 Å². The van der Waals surface area contributed by atoms with Gasteiger partial charge < -0.3 is 9.64 Å². The van der Waals surface area contributed by atoms with E-state index in [1.807, 2.05) is 6.07 Å². The molecule has 0 bridgehead atoms. The van der Waals surface area contributed by atoms with Gasteiger partial charge in [0.15, 0.2) is 5.69 Å². The normalized spacial score (nSPS) is 21.3. The number of aromatic nitrogens is 3. The van der Waals surface area contributed by atoms with Crippen LogP contribution in [0.4, 0.5) is 13.2 Å². The largest absolute Gasteiger partial charge is 0.491 e. The van der Waals surface area contributed by atoms with E-state index in [0.717, 1.165) is 6.20 Å². The zero-order chi connectivity index (χ0) is 23.9. The Bertz CT molecular complexity index is 1250. The Kier molecular flexibility index (Phi) is 5.59. The number of rotatable bonds is 6. The van der Waals surface area contributed by atoms with Crippen molar-refractivity contribution in [3.05, 3.63) is 82.5 Å². The fourth-order valence-electron chi connectivity index (χ4n) is 4.62. The maximum Gasteiger partial charge on any atom is 0.437 e. The molecule has 1 amide bonds. The van der Waals surface area contributed by atoms with Crippen LogP contribution < -0.4 is 10.3 Å². The van der Waals surface area contributed by atoms with Crippen molar-refractivity contribution < 1.29 is 22.7 Å². The summed E-state index contributed by atoms with van der Waals surface area (Å²) in [5.74, 6) is 0.0463. The summed E-state index contributed by atoms with van der Waals surface area (Å²) in [5, 5.41) is 4.10. The van der Waals surface area contributed by atoms with Crippen molar-refractivity contribution in [2.45, 2.75) is 12.6 Å². The van der Waals surface area contributed by atoms with E-state index in [1.165, 1.54) is 23.0 Å². The molecule has 34 heavy (non-hydrogen) atoms. The molecule has 2 aliphatic rings. The van der Waals surface area contributed by atoms with Crippen LogP contribution in [0.1, 0.15) is 11.3 Å². The highest BCUT2D eigenvalue weighted by atomic mass is 19.4. The first-order valence-electron chi connectivity index (χ1n) is 10.9. The van der Waals surface area contributed by atoms with E-state index >= 15 is 0 Å². The van der Waals surface area contributed by atoms with Crippen molar-refractivity contribution in [3.63, 3.8) is 0 Å². The number of para-hydroxylation sites is 1. The smallest absolute Gasteiger partial charge is 0.437 e. The minimum Gasteiger partial charge on any atom is -0.491 e. The second-order valence-electron chi connectivity index (χ2n) is 8.53. The Hall–Kier alpha value is -3.69. The lowest BCUT2D eigenvalue weighted by molar-refractivity contribution is -0.142. The van der Waals surface area contributed by atoms with Gasteiger partial charge in [0.25, 0.3) is 5.56 Å². The fraction of sp³-hybridized carbons (Fsp3) is 0.333. The second-order valence-corrected chi connectivity index (χ2v) is 8.53. The third kappa shape index (κ3) is 4.27. The molecule has 3 atom stereocenters. The summed E-state index contributed by atoms with van der Waals surface area (Å²) in [6, 6.07) is 13.2. The predicted octanol–water partition coefficient (Wildman–Crippen LogP) is 2.97. The lowest BCUT2D eigenvalue weighted by Gasteiger charge is -2.20. The van der Waals surface area contributed by atoms with Crippen LogP contribution in [0.2, 0.25) is 0 Å². The quantitative estimate of drug-likeness (QED) is 0.554. The molecule has 1 aromatic carbocycles. The lowest BCUT2D eigenvalue weighted by Crippen LogP contribution is -2.35. The minimum absolute atomic E-state index is 0.0284. The molecule has 1 aliphatic heterocycles. The van der Waals surface area contributed by atoms with E-state index in [2.05, 4.69) is 10.1 Å². The van der Waals surface area contributed by atoms with E-state index < -0.39 is 11.9 Å². The standard InChI is InChI=1S/C24H21F3N4O3/c25-24(26,27)22-20(7-4-9-28-22)34-14-19-17-12-30(13-18(17)19)21(32)11-15-8-10-29-31(23(15)33)16-5-2-1-3-6-16/h1-10,17-19H,11-14H2/t17-,18+,19?. The number of halogens is 3. The highest BCUT2D eigenvalue weighted by Gasteiger charge is 2.56. The molecule has 176 valence electrons. The van der Waals surface area contributed by atoms with Crippen molar-refractivity contribution in [2.24, 2.45) is 17.8 Å². The molecular formula is C24H21F3N4O3. The Morgan fingerprint density at radius 3 is 2.47 bits per heavy atom. The molecule has 0 N–H and O–H groups in total. The maximum absolute atomic E-state index is 13.1. The summed E-state index contributed by atoms with van der Waals surface area (Å²) < 4.78 is 45.9. The number of likely N-dealkylation sites (tertiary alicyclic amines) is 1. The number of fused-ring (bicyclic) bond motifs is 1. The first-order valence-corrected chi connectivity index (χ1v) is 10.9. The minimum atomic E-state index is -4.58. The van der Waals surface area contributed by atoms with Gasteiger partial charge in [-0.2, -0.15) is 23.0 Å². The van der Waals surface area contributed by atoms with Gasteiger partial charge >= 0.3 is 6.18 Å². The molecule has 3 heterocycles. The summed E-state index contributed by atoms with van der Waals surface area (Å²) in [5.41, 5.74) is -0.388. The molecule has 0 spiro atoms. The van der Waals surface area contributed by atoms with Crippen molar-refractivity contribution in [1.29, 1.82) is 0 Å². The molecule has 10 heteroatoms. The molecule has 2 aromatic heterocycles. The zero-order valence-electron chi connectivity index (χ0n) is 18.0. The van der Waals surface area contributed by atoms with Crippen molar-refractivity contribution in [3.8, 4) is 11.4 Å². The molecule has 0 radical (unpaired) electrons. The number of piperidine rings is 1. The molecule has 2 fully saturated rings. The second kappa shape index (κ2) is 8.58. The van der Waals surface area contributed by atoms with E-state index in [1.54, 1.807) is 35.2 Å². The highest BCUT2D eigenvalue weighted by molar-refractivity contribution is 5.79. The number of amides is 1. The van der Waals surface area contributed by atoms with Gasteiger partial charge in [-0.1, -0.05) is 18.2 Å². The van der Waals surface area contributed by atoms with E-state index in [0.29, 0.717) is 24.3 Å². The fourth-order valence-corrected chi connectivity index (χ4v) is 4.62. The summed E-state index contributed by atoms with van der Waals surface area (Å²) in [6.07, 6.45) is -2.02. The zero-order valence-corrected chi connectivity index (χ0v) is 18.0. The van der Waals surface area contributed by atoms with Gasteiger partial charge in [0.1, 0.15) is 5.75 Å². The summed E-state index contributed by atoms with van der Waals surface area (Å²) in [7, 11) is 0. The van der Waals surface area contributed by atoms with E-state index in [-0.39, 0.29) is 48.0 Å². The number of alkyl halides is 3. The molecular weight excluding hydrogens is 449 g/mol. The van der Waals surface area contributed by atoms with Crippen LogP contribution in [-0.4, -0.2) is 45.3 Å². The summed E-state index contributed by atoms with van der Waals surface area (Å²) in [4.78, 5) is 30.7. The Morgan fingerprint density at radius 1 is 1.03 bits per heavy atom. The SMILES string of the molecule is O=C(Cc1ccnn(-c2ccccc2)c1=O)N1C[C@@H]2C(COc3cccnc3C(F)(F)F)[C@@H]2C1. The molecule has 1 unspecified atom stereocenters. The molecule has 1 saturated carbocycles. The third-order valence-electron chi connectivity index (χ3n) is 6.46. The van der Waals surface area contributed by atoms with Crippen LogP contribution in [0.3, 0.4) is 0 Å². The van der Waals surface area contributed by atoms with Crippen LogP contribution in [0.15, 0.2) is 65.7 Å². The Balaban J connectivity index is 1.17. The van der Waals surface area contributed by atoms with Crippen molar-refractivity contribution in [1.82, 2.24) is 19.7 Å². The summed E-state index contributed by atoms with van der Waals surface area (Å²) in [6.45, 7) is 1.17. The number of ether oxygens (including phenoxy) is 1. The van der Waals surface area contributed by atoms with Crippen molar-refractivity contribution >= 4 is 5.91 Å². The number of nitrogens with zero attached hydrogens (tertiary/aromatic N) is 4. The van der Waals surface area contributed by atoms with Gasteiger partial charge in [0.05, 0.1) is 18.7 Å². The first-order chi connectivity index (χ1) is 16.3. The van der Waals surface area contributed by atoms with Crippen LogP contribution >= 0.6 is 0 Å². The van der Waals surface area contributed by atoms with Gasteiger partial charge in [-0.25, -0.2) is 4.98 Å². The Morgan fingerprint density at radius 2 is 1.76 bits per heavy atom.